The number of hydrogen-bond donors (Lipinski definition) is 1. The molecule has 0 heterocycles. The Morgan fingerprint density at radius 3 is 2.88 bits per heavy atom. The van der Waals surface area contributed by atoms with E-state index in [2.05, 4.69) is 25.1 Å². The molecule has 138 valence electrons. The fraction of sp³-hybridized carbons (Fsp3) is 0.727. The highest BCUT2D eigenvalue weighted by molar-refractivity contribution is 5.40. The summed E-state index contributed by atoms with van der Waals surface area (Å²) < 4.78 is 11.7. The first-order chi connectivity index (χ1) is 12.2. The lowest BCUT2D eigenvalue weighted by atomic mass is 9.55. The quantitative estimate of drug-likeness (QED) is 0.811. The smallest absolute Gasteiger partial charge is 0.119 e. The molecule has 0 spiro atoms. The molecule has 0 amide bonds. The summed E-state index contributed by atoms with van der Waals surface area (Å²) in [6, 6.07) is 6.77. The lowest BCUT2D eigenvalue weighted by molar-refractivity contribution is -0.0639. The maximum atomic E-state index is 6.30. The van der Waals surface area contributed by atoms with Crippen molar-refractivity contribution in [3.63, 3.8) is 0 Å². The Labute approximate surface area is 152 Å². The van der Waals surface area contributed by atoms with Crippen molar-refractivity contribution in [1.82, 2.24) is 0 Å². The summed E-state index contributed by atoms with van der Waals surface area (Å²) in [6.45, 7) is 4.08. The third kappa shape index (κ3) is 2.90. The lowest BCUT2D eigenvalue weighted by Crippen LogP contribution is -2.44. The van der Waals surface area contributed by atoms with Gasteiger partial charge >= 0.3 is 0 Å². The first kappa shape index (κ1) is 17.4. The van der Waals surface area contributed by atoms with Gasteiger partial charge < -0.3 is 15.2 Å². The van der Waals surface area contributed by atoms with Gasteiger partial charge in [-0.05, 0) is 97.9 Å². The van der Waals surface area contributed by atoms with Gasteiger partial charge in [0.1, 0.15) is 5.75 Å². The molecule has 0 aliphatic heterocycles. The fourth-order valence-electron chi connectivity index (χ4n) is 6.22. The molecule has 3 nitrogen and oxygen atoms in total. The molecule has 2 fully saturated rings. The average Bonchev–Trinajstić information content (AvgIpc) is 2.98. The minimum atomic E-state index is 0.375. The third-order valence-corrected chi connectivity index (χ3v) is 7.51. The zero-order chi connectivity index (χ0) is 17.4. The molecular formula is C22H33NO2. The highest BCUT2D eigenvalue weighted by Crippen LogP contribution is 2.61. The summed E-state index contributed by atoms with van der Waals surface area (Å²) in [5, 5.41) is 0. The normalized spacial score (nSPS) is 36.4. The van der Waals surface area contributed by atoms with Crippen molar-refractivity contribution >= 4 is 0 Å². The van der Waals surface area contributed by atoms with Crippen molar-refractivity contribution in [2.24, 2.45) is 23.0 Å². The van der Waals surface area contributed by atoms with Crippen LogP contribution in [0, 0.1) is 17.3 Å². The Morgan fingerprint density at radius 2 is 2.08 bits per heavy atom. The Morgan fingerprint density at radius 1 is 1.20 bits per heavy atom. The van der Waals surface area contributed by atoms with E-state index in [4.69, 9.17) is 15.2 Å². The van der Waals surface area contributed by atoms with Crippen LogP contribution in [0.15, 0.2) is 18.2 Å². The second-order valence-electron chi connectivity index (χ2n) is 8.60. The summed E-state index contributed by atoms with van der Waals surface area (Å²) >= 11 is 0. The molecule has 4 unspecified atom stereocenters. The summed E-state index contributed by atoms with van der Waals surface area (Å²) in [4.78, 5) is 0. The van der Waals surface area contributed by atoms with Gasteiger partial charge in [-0.3, -0.25) is 0 Å². The predicted octanol–water partition coefficient (Wildman–Crippen LogP) is 4.29. The molecule has 3 aliphatic carbocycles. The number of nitrogens with two attached hydrogens (primary N) is 1. The van der Waals surface area contributed by atoms with Gasteiger partial charge in [-0.25, -0.2) is 0 Å². The molecule has 3 heteroatoms. The Hall–Kier alpha value is -1.06. The van der Waals surface area contributed by atoms with Crippen LogP contribution in [-0.2, 0) is 11.2 Å². The predicted molar refractivity (Wildman–Crippen MR) is 101 cm³/mol. The maximum absolute atomic E-state index is 6.30. The van der Waals surface area contributed by atoms with Gasteiger partial charge in [0.2, 0.25) is 0 Å². The third-order valence-electron chi connectivity index (χ3n) is 7.51. The molecule has 0 aromatic heterocycles. The molecule has 0 bridgehead atoms. The largest absolute Gasteiger partial charge is 0.497 e. The van der Waals surface area contributed by atoms with E-state index in [1.54, 1.807) is 12.7 Å². The van der Waals surface area contributed by atoms with Crippen molar-refractivity contribution < 1.29 is 9.47 Å². The van der Waals surface area contributed by atoms with Gasteiger partial charge in [0.15, 0.2) is 0 Å². The van der Waals surface area contributed by atoms with Crippen LogP contribution >= 0.6 is 0 Å². The van der Waals surface area contributed by atoms with E-state index >= 15 is 0 Å². The van der Waals surface area contributed by atoms with Gasteiger partial charge in [0, 0.05) is 6.61 Å². The van der Waals surface area contributed by atoms with Crippen molar-refractivity contribution in [2.45, 2.75) is 63.9 Å². The van der Waals surface area contributed by atoms with Crippen LogP contribution in [0.25, 0.3) is 0 Å². The fourth-order valence-corrected chi connectivity index (χ4v) is 6.22. The van der Waals surface area contributed by atoms with E-state index in [-0.39, 0.29) is 0 Å². The van der Waals surface area contributed by atoms with Crippen LogP contribution in [0.2, 0.25) is 0 Å². The Bertz CT molecular complexity index is 616. The second kappa shape index (κ2) is 6.92. The summed E-state index contributed by atoms with van der Waals surface area (Å²) in [7, 11) is 1.77. The SMILES string of the molecule is COc1ccc2c(c1)CCC1C2CC[C@]2(C)C(OCCCN)CCC12. The standard InChI is InChI=1S/C22H33NO2/c1-22-11-10-18-17-7-5-16(24-2)14-15(17)4-6-19(18)20(22)8-9-21(22)25-13-3-12-23/h5,7,14,18-21H,3-4,6,8-13,23H2,1-2H3/t18?,19?,20?,21?,22-/m0/s1. The van der Waals surface area contributed by atoms with E-state index in [9.17, 15) is 0 Å². The summed E-state index contributed by atoms with van der Waals surface area (Å²) in [5.74, 6) is 3.41. The number of fused-ring (bicyclic) bond motifs is 5. The first-order valence-electron chi connectivity index (χ1n) is 10.2. The van der Waals surface area contributed by atoms with E-state index in [1.807, 2.05) is 0 Å². The molecule has 3 aliphatic rings. The van der Waals surface area contributed by atoms with E-state index in [0.717, 1.165) is 43.1 Å². The molecule has 4 rings (SSSR count). The molecule has 2 saturated carbocycles. The molecule has 2 N–H and O–H groups in total. The molecule has 0 saturated heterocycles. The van der Waals surface area contributed by atoms with Crippen LogP contribution in [0.5, 0.6) is 5.75 Å². The first-order valence-corrected chi connectivity index (χ1v) is 10.2. The molecule has 0 radical (unpaired) electrons. The van der Waals surface area contributed by atoms with Gasteiger partial charge in [-0.2, -0.15) is 0 Å². The van der Waals surface area contributed by atoms with Crippen LogP contribution in [-0.4, -0.2) is 26.4 Å². The number of rotatable bonds is 5. The number of methoxy groups -OCH3 is 1. The molecule has 25 heavy (non-hydrogen) atoms. The monoisotopic (exact) mass is 343 g/mol. The second-order valence-corrected chi connectivity index (χ2v) is 8.60. The van der Waals surface area contributed by atoms with Gasteiger partial charge in [0.25, 0.3) is 0 Å². The van der Waals surface area contributed by atoms with Gasteiger partial charge in [0.05, 0.1) is 13.2 Å². The van der Waals surface area contributed by atoms with Gasteiger partial charge in [-0.15, -0.1) is 0 Å². The van der Waals surface area contributed by atoms with E-state index < -0.39 is 0 Å². The Kier molecular flexibility index (Phi) is 4.81. The van der Waals surface area contributed by atoms with Crippen molar-refractivity contribution in [1.29, 1.82) is 0 Å². The summed E-state index contributed by atoms with van der Waals surface area (Å²) in [5.41, 5.74) is 9.15. The maximum Gasteiger partial charge on any atom is 0.119 e. The number of ether oxygens (including phenoxy) is 2. The van der Waals surface area contributed by atoms with E-state index in [0.29, 0.717) is 11.5 Å². The minimum Gasteiger partial charge on any atom is -0.497 e. The van der Waals surface area contributed by atoms with Crippen molar-refractivity contribution in [3.05, 3.63) is 29.3 Å². The minimum absolute atomic E-state index is 0.375. The van der Waals surface area contributed by atoms with Crippen molar-refractivity contribution in [2.75, 3.05) is 20.3 Å². The highest BCUT2D eigenvalue weighted by Gasteiger charge is 2.55. The number of benzene rings is 1. The molecular weight excluding hydrogens is 310 g/mol. The van der Waals surface area contributed by atoms with Crippen LogP contribution < -0.4 is 10.5 Å². The zero-order valence-corrected chi connectivity index (χ0v) is 15.8. The topological polar surface area (TPSA) is 44.5 Å². The number of hydrogen-bond acceptors (Lipinski definition) is 3. The van der Waals surface area contributed by atoms with Gasteiger partial charge in [-0.1, -0.05) is 13.0 Å². The van der Waals surface area contributed by atoms with E-state index in [1.165, 1.54) is 44.1 Å². The van der Waals surface area contributed by atoms with Crippen LogP contribution in [0.4, 0.5) is 0 Å². The molecule has 1 aromatic carbocycles. The van der Waals surface area contributed by atoms with Crippen LogP contribution in [0.1, 0.15) is 62.5 Å². The zero-order valence-electron chi connectivity index (χ0n) is 15.8. The highest BCUT2D eigenvalue weighted by atomic mass is 16.5. The van der Waals surface area contributed by atoms with Crippen LogP contribution in [0.3, 0.4) is 0 Å². The van der Waals surface area contributed by atoms with Crippen molar-refractivity contribution in [3.8, 4) is 5.75 Å². The molecule has 1 aromatic rings. The number of aryl methyl sites for hydroxylation is 1. The average molecular weight is 344 g/mol. The summed E-state index contributed by atoms with van der Waals surface area (Å²) in [6.07, 6.45) is 9.17. The Balaban J connectivity index is 1.53. The molecule has 5 atom stereocenters. The lowest BCUT2D eigenvalue weighted by Gasteiger charge is -2.50.